The molecule has 0 saturated carbocycles. The fourth-order valence-electron chi connectivity index (χ4n) is 2.20. The Hall–Kier alpha value is -1.78. The van der Waals surface area contributed by atoms with E-state index in [-0.39, 0.29) is 0 Å². The Balaban J connectivity index is 2.05. The monoisotopic (exact) mass is 304 g/mol. The maximum absolute atomic E-state index is 5.91. The van der Waals surface area contributed by atoms with Crippen LogP contribution in [0.2, 0.25) is 5.02 Å². The highest BCUT2D eigenvalue weighted by atomic mass is 35.5. The Bertz CT molecular complexity index is 805. The van der Waals surface area contributed by atoms with Gasteiger partial charge < -0.3 is 14.3 Å². The molecule has 20 heavy (non-hydrogen) atoms. The normalized spacial score (nSPS) is 10.9. The molecule has 0 atom stereocenters. The van der Waals surface area contributed by atoms with Crippen molar-refractivity contribution >= 4 is 34.9 Å². The summed E-state index contributed by atoms with van der Waals surface area (Å²) in [5.41, 5.74) is 3.19. The molecule has 3 rings (SSSR count). The molecule has 0 aliphatic rings. The van der Waals surface area contributed by atoms with E-state index >= 15 is 0 Å². The number of nitrogens with zero attached hydrogens (tertiary/aromatic N) is 1. The zero-order valence-electron chi connectivity index (χ0n) is 10.9. The Morgan fingerprint density at radius 2 is 1.95 bits per heavy atom. The van der Waals surface area contributed by atoms with Crippen LogP contribution < -0.4 is 4.74 Å². The molecule has 0 aliphatic carbocycles. The van der Waals surface area contributed by atoms with Crippen molar-refractivity contribution in [1.82, 2.24) is 9.55 Å². The van der Waals surface area contributed by atoms with Gasteiger partial charge in [-0.1, -0.05) is 23.7 Å². The number of methoxy groups -OCH3 is 1. The molecule has 102 valence electrons. The van der Waals surface area contributed by atoms with E-state index in [0.29, 0.717) is 11.3 Å². The SMILES string of the molecule is COc1ccc2c(c1)[nH]c(=S)n2Cc1ccc(Cl)cc1. The van der Waals surface area contributed by atoms with Gasteiger partial charge >= 0.3 is 0 Å². The molecule has 5 heteroatoms. The second kappa shape index (κ2) is 5.31. The molecule has 0 radical (unpaired) electrons. The van der Waals surface area contributed by atoms with Crippen molar-refractivity contribution in [1.29, 1.82) is 0 Å². The van der Waals surface area contributed by atoms with Crippen molar-refractivity contribution in [3.63, 3.8) is 0 Å². The summed E-state index contributed by atoms with van der Waals surface area (Å²) in [5.74, 6) is 0.812. The van der Waals surface area contributed by atoms with Gasteiger partial charge in [0.1, 0.15) is 5.75 Å². The van der Waals surface area contributed by atoms with Crippen LogP contribution in [0.1, 0.15) is 5.56 Å². The number of hydrogen-bond donors (Lipinski definition) is 1. The van der Waals surface area contributed by atoms with Gasteiger partial charge in [-0.05, 0) is 42.0 Å². The predicted molar refractivity (Wildman–Crippen MR) is 84.2 cm³/mol. The number of halogens is 1. The number of aromatic amines is 1. The molecule has 0 amide bonds. The van der Waals surface area contributed by atoms with Gasteiger partial charge in [0, 0.05) is 11.1 Å². The summed E-state index contributed by atoms with van der Waals surface area (Å²) in [4.78, 5) is 3.21. The minimum absolute atomic E-state index is 0.697. The maximum Gasteiger partial charge on any atom is 0.178 e. The fourth-order valence-corrected chi connectivity index (χ4v) is 2.60. The maximum atomic E-state index is 5.91. The van der Waals surface area contributed by atoms with Crippen LogP contribution in [0, 0.1) is 4.77 Å². The standard InChI is InChI=1S/C15H13ClN2OS/c1-19-12-6-7-14-13(8-12)17-15(20)18(14)9-10-2-4-11(16)5-3-10/h2-8H,9H2,1H3,(H,17,20). The van der Waals surface area contributed by atoms with Crippen molar-refractivity contribution in [2.24, 2.45) is 0 Å². The highest BCUT2D eigenvalue weighted by Crippen LogP contribution is 2.21. The number of fused-ring (bicyclic) bond motifs is 1. The zero-order chi connectivity index (χ0) is 14.1. The van der Waals surface area contributed by atoms with Gasteiger partial charge in [0.25, 0.3) is 0 Å². The van der Waals surface area contributed by atoms with E-state index in [1.54, 1.807) is 7.11 Å². The summed E-state index contributed by atoms with van der Waals surface area (Å²) in [6, 6.07) is 13.7. The first-order valence-electron chi connectivity index (χ1n) is 6.18. The predicted octanol–water partition coefficient (Wildman–Crippen LogP) is 4.41. The van der Waals surface area contributed by atoms with E-state index in [0.717, 1.165) is 27.4 Å². The number of rotatable bonds is 3. The first kappa shape index (κ1) is 13.2. The van der Waals surface area contributed by atoms with E-state index in [1.165, 1.54) is 0 Å². The summed E-state index contributed by atoms with van der Waals surface area (Å²) in [6.07, 6.45) is 0. The fraction of sp³-hybridized carbons (Fsp3) is 0.133. The minimum atomic E-state index is 0.697. The third-order valence-electron chi connectivity index (χ3n) is 3.24. The zero-order valence-corrected chi connectivity index (χ0v) is 12.5. The Kier molecular flexibility index (Phi) is 3.51. The van der Waals surface area contributed by atoms with Crippen molar-refractivity contribution < 1.29 is 4.74 Å². The molecule has 1 heterocycles. The molecule has 3 nitrogen and oxygen atoms in total. The van der Waals surface area contributed by atoms with E-state index in [4.69, 9.17) is 28.6 Å². The number of benzene rings is 2. The Morgan fingerprint density at radius 3 is 2.65 bits per heavy atom. The third-order valence-corrected chi connectivity index (χ3v) is 3.81. The molecule has 0 saturated heterocycles. The molecule has 3 aromatic rings. The van der Waals surface area contributed by atoms with E-state index in [2.05, 4.69) is 9.55 Å². The van der Waals surface area contributed by atoms with Crippen LogP contribution in [0.25, 0.3) is 11.0 Å². The molecule has 1 N–H and O–H groups in total. The second-order valence-corrected chi connectivity index (χ2v) is 5.35. The molecule has 0 unspecified atom stereocenters. The van der Waals surface area contributed by atoms with Crippen LogP contribution in [0.15, 0.2) is 42.5 Å². The van der Waals surface area contributed by atoms with Crippen molar-refractivity contribution in [3.05, 3.63) is 57.8 Å². The summed E-state index contributed by atoms with van der Waals surface area (Å²) < 4.78 is 7.99. The summed E-state index contributed by atoms with van der Waals surface area (Å²) >= 11 is 11.3. The van der Waals surface area contributed by atoms with Crippen LogP contribution in [0.5, 0.6) is 5.75 Å². The van der Waals surface area contributed by atoms with Crippen LogP contribution >= 0.6 is 23.8 Å². The van der Waals surface area contributed by atoms with Crippen LogP contribution in [0.3, 0.4) is 0 Å². The van der Waals surface area contributed by atoms with Gasteiger partial charge in [0.15, 0.2) is 4.77 Å². The number of imidazole rings is 1. The third kappa shape index (κ3) is 2.44. The summed E-state index contributed by atoms with van der Waals surface area (Å²) in [5, 5.41) is 0.737. The smallest absolute Gasteiger partial charge is 0.178 e. The van der Waals surface area contributed by atoms with Gasteiger partial charge in [-0.15, -0.1) is 0 Å². The number of ether oxygens (including phenoxy) is 1. The number of nitrogens with one attached hydrogen (secondary N) is 1. The largest absolute Gasteiger partial charge is 0.497 e. The van der Waals surface area contributed by atoms with E-state index < -0.39 is 0 Å². The average Bonchev–Trinajstić information content (AvgIpc) is 2.76. The molecular formula is C15H13ClN2OS. The van der Waals surface area contributed by atoms with Gasteiger partial charge in [0.05, 0.1) is 24.7 Å². The van der Waals surface area contributed by atoms with E-state index in [9.17, 15) is 0 Å². The first-order valence-corrected chi connectivity index (χ1v) is 6.97. The molecule has 2 aromatic carbocycles. The number of hydrogen-bond acceptors (Lipinski definition) is 2. The average molecular weight is 305 g/mol. The lowest BCUT2D eigenvalue weighted by atomic mass is 10.2. The van der Waals surface area contributed by atoms with Gasteiger partial charge in [0.2, 0.25) is 0 Å². The van der Waals surface area contributed by atoms with Gasteiger partial charge in [-0.25, -0.2) is 0 Å². The lowest BCUT2D eigenvalue weighted by Gasteiger charge is -2.05. The van der Waals surface area contributed by atoms with Crippen LogP contribution in [-0.2, 0) is 6.54 Å². The van der Waals surface area contributed by atoms with Gasteiger partial charge in [-0.3, -0.25) is 0 Å². The van der Waals surface area contributed by atoms with Crippen LogP contribution in [-0.4, -0.2) is 16.7 Å². The second-order valence-electron chi connectivity index (χ2n) is 4.53. The summed E-state index contributed by atoms with van der Waals surface area (Å²) in [7, 11) is 1.65. The highest BCUT2D eigenvalue weighted by Gasteiger charge is 2.06. The highest BCUT2D eigenvalue weighted by molar-refractivity contribution is 7.71. The molecule has 0 aliphatic heterocycles. The van der Waals surface area contributed by atoms with Crippen molar-refractivity contribution in [2.45, 2.75) is 6.54 Å². The molecule has 0 bridgehead atoms. The first-order chi connectivity index (χ1) is 9.67. The van der Waals surface area contributed by atoms with E-state index in [1.807, 2.05) is 42.5 Å². The minimum Gasteiger partial charge on any atom is -0.497 e. The molecule has 1 aromatic heterocycles. The molecule has 0 fully saturated rings. The molecule has 0 spiro atoms. The van der Waals surface area contributed by atoms with Crippen molar-refractivity contribution in [3.8, 4) is 5.75 Å². The quantitative estimate of drug-likeness (QED) is 0.726. The van der Waals surface area contributed by atoms with Gasteiger partial charge in [-0.2, -0.15) is 0 Å². The number of aromatic nitrogens is 2. The van der Waals surface area contributed by atoms with Crippen LogP contribution in [0.4, 0.5) is 0 Å². The lowest BCUT2D eigenvalue weighted by Crippen LogP contribution is -1.99. The number of H-pyrrole nitrogens is 1. The Labute approximate surface area is 126 Å². The Morgan fingerprint density at radius 1 is 1.20 bits per heavy atom. The lowest BCUT2D eigenvalue weighted by molar-refractivity contribution is 0.415. The van der Waals surface area contributed by atoms with Crippen molar-refractivity contribution in [2.75, 3.05) is 7.11 Å². The summed E-state index contributed by atoms with van der Waals surface area (Å²) in [6.45, 7) is 0.711. The topological polar surface area (TPSA) is 29.9 Å². The molecular weight excluding hydrogens is 292 g/mol.